The molecule has 0 aliphatic heterocycles. The minimum Gasteiger partial charge on any atom is -0.461 e. The smallest absolute Gasteiger partial charge is 0.422 e. The third-order valence-electron chi connectivity index (χ3n) is 2.66. The van der Waals surface area contributed by atoms with Crippen molar-refractivity contribution < 1.29 is 22.5 Å². The highest BCUT2D eigenvalue weighted by atomic mass is 32.2. The molecule has 0 aliphatic carbocycles. The lowest BCUT2D eigenvalue weighted by Crippen LogP contribution is -2.36. The van der Waals surface area contributed by atoms with E-state index in [1.807, 2.05) is 0 Å². The molecule has 0 bridgehead atoms. The molecule has 0 saturated carbocycles. The third-order valence-corrected chi connectivity index (χ3v) is 3.99. The van der Waals surface area contributed by atoms with Crippen LogP contribution in [0.3, 0.4) is 0 Å². The van der Waals surface area contributed by atoms with Crippen molar-refractivity contribution in [2.24, 2.45) is 7.05 Å². The molecular weight excluding hydrogens is 290 g/mol. The lowest BCUT2D eigenvalue weighted by atomic mass is 10.3. The Balaban J connectivity index is 2.46. The van der Waals surface area contributed by atoms with Crippen LogP contribution < -0.4 is 0 Å². The minimum absolute atomic E-state index is 0.214. The van der Waals surface area contributed by atoms with Crippen molar-refractivity contribution >= 4 is 27.8 Å². The second-order valence-corrected chi connectivity index (χ2v) is 5.36. The zero-order valence-electron chi connectivity index (χ0n) is 10.8. The fraction of sp³-hybridized carbons (Fsp3) is 0.333. The number of alkyl halides is 2. The van der Waals surface area contributed by atoms with Crippen molar-refractivity contribution in [3.8, 4) is 0 Å². The maximum Gasteiger partial charge on any atom is 0.422 e. The predicted molar refractivity (Wildman–Crippen MR) is 68.7 cm³/mol. The van der Waals surface area contributed by atoms with Crippen molar-refractivity contribution in [2.45, 2.75) is 17.3 Å². The average molecular weight is 302 g/mol. The predicted octanol–water partition coefficient (Wildman–Crippen LogP) is 1.84. The van der Waals surface area contributed by atoms with Crippen LogP contribution in [0.25, 0.3) is 11.0 Å². The first-order valence-electron chi connectivity index (χ1n) is 5.78. The van der Waals surface area contributed by atoms with Crippen LogP contribution in [0.1, 0.15) is 6.92 Å². The summed E-state index contributed by atoms with van der Waals surface area (Å²) >= 11 is 0. The number of hydrogen-bond acceptors (Lipinski definition) is 4. The molecule has 0 amide bonds. The van der Waals surface area contributed by atoms with E-state index in [1.54, 1.807) is 24.3 Å². The largest absolute Gasteiger partial charge is 0.461 e. The number of halogens is 2. The maximum absolute atomic E-state index is 13.8. The number of aromatic nitrogens is 2. The van der Waals surface area contributed by atoms with Crippen LogP contribution in [0.15, 0.2) is 29.4 Å². The molecule has 0 spiro atoms. The molecule has 0 radical (unpaired) electrons. The van der Waals surface area contributed by atoms with Gasteiger partial charge in [-0.25, -0.2) is 14.0 Å². The lowest BCUT2D eigenvalue weighted by Gasteiger charge is -2.13. The summed E-state index contributed by atoms with van der Waals surface area (Å²) in [6.45, 7) is 1.18. The Morgan fingerprint density at radius 3 is 2.70 bits per heavy atom. The van der Waals surface area contributed by atoms with Crippen LogP contribution in [0.4, 0.5) is 8.78 Å². The Kier molecular flexibility index (Phi) is 3.85. The number of hydrogen-bond donors (Lipinski definition) is 0. The topological polar surface area (TPSA) is 61.2 Å². The number of carbonyl (C=O) groups excluding carboxylic acids is 1. The van der Waals surface area contributed by atoms with E-state index >= 15 is 0 Å². The number of carbonyl (C=O) groups is 1. The van der Waals surface area contributed by atoms with E-state index in [9.17, 15) is 17.8 Å². The van der Waals surface area contributed by atoms with Gasteiger partial charge in [-0.05, 0) is 19.1 Å². The Morgan fingerprint density at radius 2 is 2.10 bits per heavy atom. The van der Waals surface area contributed by atoms with Crippen LogP contribution in [-0.4, -0.2) is 31.6 Å². The standard InChI is InChI=1S/C12H12F2N2O3S/c1-3-19-10(17)12(13,14)20(18)11-15-8-6-4-5-7-9(8)16(11)2/h4-7H,3H2,1-2H3/t20-/m0/s1. The van der Waals surface area contributed by atoms with Crippen molar-refractivity contribution in [1.29, 1.82) is 0 Å². The molecule has 2 rings (SSSR count). The van der Waals surface area contributed by atoms with Gasteiger partial charge in [0.2, 0.25) is 5.16 Å². The molecule has 5 nitrogen and oxygen atoms in total. The second kappa shape index (κ2) is 5.28. The molecular formula is C12H12F2N2O3S. The Hall–Kier alpha value is -1.83. The van der Waals surface area contributed by atoms with Crippen molar-refractivity contribution in [3.63, 3.8) is 0 Å². The van der Waals surface area contributed by atoms with E-state index in [4.69, 9.17) is 0 Å². The van der Waals surface area contributed by atoms with E-state index in [0.29, 0.717) is 11.0 Å². The molecule has 0 unspecified atom stereocenters. The zero-order valence-corrected chi connectivity index (χ0v) is 11.6. The molecule has 1 aromatic carbocycles. The normalized spacial score (nSPS) is 13.4. The summed E-state index contributed by atoms with van der Waals surface area (Å²) in [6.07, 6.45) is 0. The minimum atomic E-state index is -4.13. The first-order chi connectivity index (χ1) is 9.39. The number of imidazole rings is 1. The van der Waals surface area contributed by atoms with Crippen LogP contribution >= 0.6 is 0 Å². The molecule has 20 heavy (non-hydrogen) atoms. The molecule has 0 aliphatic rings. The van der Waals surface area contributed by atoms with Crippen LogP contribution in [0.2, 0.25) is 0 Å². The molecule has 0 fully saturated rings. The molecule has 0 saturated heterocycles. The van der Waals surface area contributed by atoms with Crippen molar-refractivity contribution in [3.05, 3.63) is 24.3 Å². The fourth-order valence-corrected chi connectivity index (χ4v) is 2.66. The van der Waals surface area contributed by atoms with E-state index < -0.39 is 22.0 Å². The molecule has 2 aromatic rings. The van der Waals surface area contributed by atoms with E-state index in [1.165, 1.54) is 18.5 Å². The summed E-state index contributed by atoms with van der Waals surface area (Å²) in [5.74, 6) is -1.81. The number of fused-ring (bicyclic) bond motifs is 1. The fourth-order valence-electron chi connectivity index (χ4n) is 1.69. The number of aryl methyl sites for hydroxylation is 1. The van der Waals surface area contributed by atoms with E-state index in [2.05, 4.69) is 9.72 Å². The second-order valence-electron chi connectivity index (χ2n) is 3.95. The summed E-state index contributed by atoms with van der Waals surface area (Å²) < 4.78 is 45.0. The molecule has 1 heterocycles. The number of esters is 1. The average Bonchev–Trinajstić information content (AvgIpc) is 2.76. The number of para-hydroxylation sites is 2. The van der Waals surface area contributed by atoms with Gasteiger partial charge in [-0.3, -0.25) is 0 Å². The monoisotopic (exact) mass is 302 g/mol. The third kappa shape index (κ3) is 2.31. The highest BCUT2D eigenvalue weighted by Crippen LogP contribution is 2.28. The molecule has 8 heteroatoms. The van der Waals surface area contributed by atoms with Crippen LogP contribution in [-0.2, 0) is 27.4 Å². The highest BCUT2D eigenvalue weighted by molar-refractivity contribution is 7.86. The first kappa shape index (κ1) is 14.6. The zero-order chi connectivity index (χ0) is 14.9. The summed E-state index contributed by atoms with van der Waals surface area (Å²) in [6, 6.07) is 6.66. The van der Waals surface area contributed by atoms with Crippen molar-refractivity contribution in [1.82, 2.24) is 9.55 Å². The number of benzene rings is 1. The van der Waals surface area contributed by atoms with Gasteiger partial charge in [0.05, 0.1) is 17.6 Å². The Labute approximate surface area is 116 Å². The van der Waals surface area contributed by atoms with Crippen LogP contribution in [0, 0.1) is 0 Å². The Bertz CT molecular complexity index is 684. The quantitative estimate of drug-likeness (QED) is 0.809. The first-order valence-corrected chi connectivity index (χ1v) is 6.93. The van der Waals surface area contributed by atoms with Gasteiger partial charge in [-0.1, -0.05) is 12.1 Å². The van der Waals surface area contributed by atoms with Crippen molar-refractivity contribution in [2.75, 3.05) is 6.61 Å². The van der Waals surface area contributed by atoms with Gasteiger partial charge in [0.15, 0.2) is 10.8 Å². The number of rotatable bonds is 4. The maximum atomic E-state index is 13.8. The van der Waals surface area contributed by atoms with Gasteiger partial charge in [0, 0.05) is 7.05 Å². The van der Waals surface area contributed by atoms with Crippen LogP contribution in [0.5, 0.6) is 0 Å². The van der Waals surface area contributed by atoms with Gasteiger partial charge in [0.25, 0.3) is 0 Å². The molecule has 1 aromatic heterocycles. The number of ether oxygens (including phenoxy) is 1. The SMILES string of the molecule is CCOC(=O)C(F)(F)[S@@](=O)c1nc2ccccc2n1C. The van der Waals surface area contributed by atoms with Gasteiger partial charge >= 0.3 is 11.2 Å². The molecule has 1 atom stereocenters. The van der Waals surface area contributed by atoms with Gasteiger partial charge in [-0.15, -0.1) is 0 Å². The summed E-state index contributed by atoms with van der Waals surface area (Å²) in [5, 5.41) is -4.50. The number of nitrogens with zero attached hydrogens (tertiary/aromatic N) is 2. The Morgan fingerprint density at radius 1 is 1.45 bits per heavy atom. The molecule has 108 valence electrons. The van der Waals surface area contributed by atoms with E-state index in [-0.39, 0.29) is 11.8 Å². The summed E-state index contributed by atoms with van der Waals surface area (Å²) in [4.78, 5) is 15.1. The summed E-state index contributed by atoms with van der Waals surface area (Å²) in [5.41, 5.74) is 0.980. The molecule has 0 N–H and O–H groups in total. The van der Waals surface area contributed by atoms with Gasteiger partial charge in [0.1, 0.15) is 0 Å². The van der Waals surface area contributed by atoms with Gasteiger partial charge < -0.3 is 9.30 Å². The lowest BCUT2D eigenvalue weighted by molar-refractivity contribution is -0.159. The van der Waals surface area contributed by atoms with Gasteiger partial charge in [-0.2, -0.15) is 8.78 Å². The van der Waals surface area contributed by atoms with E-state index in [0.717, 1.165) is 0 Å². The highest BCUT2D eigenvalue weighted by Gasteiger charge is 2.50. The summed E-state index contributed by atoms with van der Waals surface area (Å²) in [7, 11) is -1.46.